The zero-order valence-electron chi connectivity index (χ0n) is 16.2. The standard InChI is InChI=1S/C19H22ClN3O5S/c1-4-28-18-10-9-16(11-17(18)20)29(26,27)23(3)12-19(25)22-15-7-5-14(6-8-15)21-13(2)24/h5-11H,4,12H2,1-3H3,(H,21,24)(H,22,25). The lowest BCUT2D eigenvalue weighted by Gasteiger charge is -2.17. The molecule has 0 saturated heterocycles. The van der Waals surface area contributed by atoms with E-state index in [2.05, 4.69) is 10.6 Å². The normalized spacial score (nSPS) is 11.2. The van der Waals surface area contributed by atoms with Gasteiger partial charge in [-0.25, -0.2) is 8.42 Å². The predicted octanol–water partition coefficient (Wildman–Crippen LogP) is 2.96. The molecule has 0 saturated carbocycles. The zero-order valence-corrected chi connectivity index (χ0v) is 17.8. The predicted molar refractivity (Wildman–Crippen MR) is 112 cm³/mol. The van der Waals surface area contributed by atoms with Crippen molar-refractivity contribution in [1.29, 1.82) is 0 Å². The van der Waals surface area contributed by atoms with Crippen molar-refractivity contribution in [2.24, 2.45) is 0 Å². The van der Waals surface area contributed by atoms with Gasteiger partial charge in [-0.15, -0.1) is 0 Å². The first-order valence-corrected chi connectivity index (χ1v) is 10.5. The summed E-state index contributed by atoms with van der Waals surface area (Å²) in [6.45, 7) is 3.20. The molecule has 0 aromatic heterocycles. The summed E-state index contributed by atoms with van der Waals surface area (Å²) >= 11 is 6.06. The molecule has 10 heteroatoms. The monoisotopic (exact) mass is 439 g/mol. The summed E-state index contributed by atoms with van der Waals surface area (Å²) in [5, 5.41) is 5.39. The Morgan fingerprint density at radius 1 is 1.07 bits per heavy atom. The molecule has 8 nitrogen and oxygen atoms in total. The number of ether oxygens (including phenoxy) is 1. The van der Waals surface area contributed by atoms with Crippen LogP contribution in [-0.2, 0) is 19.6 Å². The minimum atomic E-state index is -3.92. The van der Waals surface area contributed by atoms with Crippen LogP contribution in [0.3, 0.4) is 0 Å². The van der Waals surface area contributed by atoms with Crippen molar-refractivity contribution in [3.05, 3.63) is 47.5 Å². The zero-order chi connectivity index (χ0) is 21.6. The highest BCUT2D eigenvalue weighted by atomic mass is 35.5. The Labute approximate surface area is 174 Å². The molecule has 0 heterocycles. The highest BCUT2D eigenvalue weighted by Gasteiger charge is 2.24. The topological polar surface area (TPSA) is 105 Å². The van der Waals surface area contributed by atoms with Crippen LogP contribution in [0.1, 0.15) is 13.8 Å². The van der Waals surface area contributed by atoms with E-state index in [-0.39, 0.29) is 22.4 Å². The van der Waals surface area contributed by atoms with Gasteiger partial charge in [-0.2, -0.15) is 4.31 Å². The van der Waals surface area contributed by atoms with Gasteiger partial charge in [0.2, 0.25) is 21.8 Å². The van der Waals surface area contributed by atoms with E-state index < -0.39 is 15.9 Å². The van der Waals surface area contributed by atoms with Gasteiger partial charge in [-0.3, -0.25) is 9.59 Å². The molecule has 0 radical (unpaired) electrons. The first kappa shape index (κ1) is 22.7. The summed E-state index contributed by atoms with van der Waals surface area (Å²) in [4.78, 5) is 23.2. The second kappa shape index (κ2) is 9.73. The Bertz CT molecular complexity index is 993. The minimum absolute atomic E-state index is 0.0408. The van der Waals surface area contributed by atoms with Crippen molar-refractivity contribution in [2.75, 3.05) is 30.8 Å². The number of amides is 2. The van der Waals surface area contributed by atoms with E-state index >= 15 is 0 Å². The molecule has 0 bridgehead atoms. The summed E-state index contributed by atoms with van der Waals surface area (Å²) < 4.78 is 31.6. The lowest BCUT2D eigenvalue weighted by atomic mass is 10.2. The van der Waals surface area contributed by atoms with Gasteiger partial charge >= 0.3 is 0 Å². The van der Waals surface area contributed by atoms with Crippen LogP contribution in [0.4, 0.5) is 11.4 Å². The van der Waals surface area contributed by atoms with Gasteiger partial charge in [0, 0.05) is 25.3 Å². The van der Waals surface area contributed by atoms with Crippen molar-refractivity contribution >= 4 is 44.8 Å². The van der Waals surface area contributed by atoms with Gasteiger partial charge in [0.1, 0.15) is 5.75 Å². The van der Waals surface area contributed by atoms with Crippen LogP contribution in [0.5, 0.6) is 5.75 Å². The van der Waals surface area contributed by atoms with E-state index in [4.69, 9.17) is 16.3 Å². The fourth-order valence-electron chi connectivity index (χ4n) is 2.42. The van der Waals surface area contributed by atoms with Crippen LogP contribution >= 0.6 is 11.6 Å². The molecular weight excluding hydrogens is 418 g/mol. The Kier molecular flexibility index (Phi) is 7.60. The van der Waals surface area contributed by atoms with Gasteiger partial charge in [-0.05, 0) is 49.4 Å². The molecule has 156 valence electrons. The van der Waals surface area contributed by atoms with Gasteiger partial charge in [0.25, 0.3) is 0 Å². The van der Waals surface area contributed by atoms with Gasteiger partial charge in [0.15, 0.2) is 0 Å². The Morgan fingerprint density at radius 2 is 1.66 bits per heavy atom. The van der Waals surface area contributed by atoms with Crippen molar-refractivity contribution in [3.8, 4) is 5.75 Å². The molecule has 0 fully saturated rings. The molecule has 2 aromatic rings. The molecule has 2 amide bonds. The maximum Gasteiger partial charge on any atom is 0.243 e. The number of hydrogen-bond donors (Lipinski definition) is 2. The van der Waals surface area contributed by atoms with E-state index in [0.717, 1.165) is 4.31 Å². The minimum Gasteiger partial charge on any atom is -0.492 e. The van der Waals surface area contributed by atoms with Gasteiger partial charge < -0.3 is 15.4 Å². The highest BCUT2D eigenvalue weighted by Crippen LogP contribution is 2.28. The first-order valence-electron chi connectivity index (χ1n) is 8.69. The number of sulfonamides is 1. The van der Waals surface area contributed by atoms with Gasteiger partial charge in [0.05, 0.1) is 23.1 Å². The van der Waals surface area contributed by atoms with E-state index in [1.165, 1.54) is 32.2 Å². The number of benzene rings is 2. The largest absolute Gasteiger partial charge is 0.492 e. The highest BCUT2D eigenvalue weighted by molar-refractivity contribution is 7.89. The molecule has 0 aliphatic heterocycles. The molecule has 2 N–H and O–H groups in total. The summed E-state index contributed by atoms with van der Waals surface area (Å²) in [5.74, 6) is -0.334. The quantitative estimate of drug-likeness (QED) is 0.657. The smallest absolute Gasteiger partial charge is 0.243 e. The number of hydrogen-bond acceptors (Lipinski definition) is 5. The summed E-state index contributed by atoms with van der Waals surface area (Å²) in [6, 6.07) is 10.6. The van der Waals surface area contributed by atoms with Crippen molar-refractivity contribution in [2.45, 2.75) is 18.7 Å². The Morgan fingerprint density at radius 3 is 2.17 bits per heavy atom. The SMILES string of the molecule is CCOc1ccc(S(=O)(=O)N(C)CC(=O)Nc2ccc(NC(C)=O)cc2)cc1Cl. The number of anilines is 2. The fourth-order valence-corrected chi connectivity index (χ4v) is 3.88. The van der Waals surface area contributed by atoms with Crippen LogP contribution in [0.15, 0.2) is 47.4 Å². The van der Waals surface area contributed by atoms with Crippen LogP contribution in [-0.4, -0.2) is 44.7 Å². The second-order valence-corrected chi connectivity index (χ2v) is 8.55. The van der Waals surface area contributed by atoms with Crippen LogP contribution in [0.2, 0.25) is 5.02 Å². The average Bonchev–Trinajstić information content (AvgIpc) is 2.64. The maximum atomic E-state index is 12.7. The van der Waals surface area contributed by atoms with E-state index in [9.17, 15) is 18.0 Å². The maximum absolute atomic E-state index is 12.7. The number of carbonyl (C=O) groups is 2. The van der Waals surface area contributed by atoms with Crippen LogP contribution in [0.25, 0.3) is 0 Å². The Hall–Kier alpha value is -2.62. The van der Waals surface area contributed by atoms with Crippen molar-refractivity contribution in [1.82, 2.24) is 4.31 Å². The molecule has 0 unspecified atom stereocenters. The van der Waals surface area contributed by atoms with Crippen LogP contribution < -0.4 is 15.4 Å². The number of nitrogens with zero attached hydrogens (tertiary/aromatic N) is 1. The fraction of sp³-hybridized carbons (Fsp3) is 0.263. The van der Waals surface area contributed by atoms with E-state index in [1.807, 2.05) is 0 Å². The molecule has 2 rings (SSSR count). The third-order valence-electron chi connectivity index (χ3n) is 3.77. The number of nitrogens with one attached hydrogen (secondary N) is 2. The third-order valence-corrected chi connectivity index (χ3v) is 5.86. The number of carbonyl (C=O) groups excluding carboxylic acids is 2. The van der Waals surface area contributed by atoms with Crippen molar-refractivity contribution < 1.29 is 22.7 Å². The lowest BCUT2D eigenvalue weighted by molar-refractivity contribution is -0.116. The van der Waals surface area contributed by atoms with Crippen molar-refractivity contribution in [3.63, 3.8) is 0 Å². The van der Waals surface area contributed by atoms with Crippen LogP contribution in [0, 0.1) is 0 Å². The van der Waals surface area contributed by atoms with E-state index in [0.29, 0.717) is 23.7 Å². The molecule has 0 aliphatic rings. The summed E-state index contributed by atoms with van der Waals surface area (Å²) in [5.41, 5.74) is 1.06. The first-order chi connectivity index (χ1) is 13.6. The molecule has 2 aromatic carbocycles. The Balaban J connectivity index is 2.04. The molecule has 0 aliphatic carbocycles. The average molecular weight is 440 g/mol. The number of halogens is 1. The summed E-state index contributed by atoms with van der Waals surface area (Å²) in [6.07, 6.45) is 0. The molecule has 29 heavy (non-hydrogen) atoms. The molecular formula is C19H22ClN3O5S. The second-order valence-electron chi connectivity index (χ2n) is 6.09. The number of likely N-dealkylation sites (N-methyl/N-ethyl adjacent to an activating group) is 1. The summed E-state index contributed by atoms with van der Waals surface area (Å²) in [7, 11) is -2.61. The third kappa shape index (κ3) is 6.18. The molecule has 0 atom stereocenters. The van der Waals surface area contributed by atoms with E-state index in [1.54, 1.807) is 31.2 Å². The lowest BCUT2D eigenvalue weighted by Crippen LogP contribution is -2.35. The molecule has 0 spiro atoms. The van der Waals surface area contributed by atoms with Gasteiger partial charge in [-0.1, -0.05) is 11.6 Å². The number of rotatable bonds is 8.